The van der Waals surface area contributed by atoms with E-state index in [0.717, 1.165) is 0 Å². The topological polar surface area (TPSA) is 50.2 Å². The van der Waals surface area contributed by atoms with Crippen molar-refractivity contribution in [1.82, 2.24) is 14.6 Å². The zero-order chi connectivity index (χ0) is 7.84. The summed E-state index contributed by atoms with van der Waals surface area (Å²) in [5.41, 5.74) is 0.326. The molecule has 11 heavy (non-hydrogen) atoms. The molecule has 0 saturated carbocycles. The summed E-state index contributed by atoms with van der Waals surface area (Å²) in [6.45, 7) is 0. The van der Waals surface area contributed by atoms with Crippen LogP contribution in [0.15, 0.2) is 23.1 Å². The molecule has 0 aliphatic carbocycles. The maximum atomic E-state index is 11.1. The van der Waals surface area contributed by atoms with Gasteiger partial charge in [-0.05, 0) is 0 Å². The Labute approximate surface area is 66.4 Å². The molecular weight excluding hydrogens is 166 g/mol. The molecule has 0 amide bonds. The molecule has 0 spiro atoms. The van der Waals surface area contributed by atoms with Crippen LogP contribution in [0.25, 0.3) is 5.65 Å². The van der Waals surface area contributed by atoms with Crippen LogP contribution in [0.2, 0.25) is 5.15 Å². The molecular formula is C6H4ClN3O. The lowest BCUT2D eigenvalue weighted by atomic mass is 10.6. The summed E-state index contributed by atoms with van der Waals surface area (Å²) in [5.74, 6) is 0. The fraction of sp³-hybridized carbons (Fsp3) is 0. The van der Waals surface area contributed by atoms with Crippen molar-refractivity contribution in [2.45, 2.75) is 0 Å². The lowest BCUT2D eigenvalue weighted by molar-refractivity contribution is 0.899. The van der Waals surface area contributed by atoms with Gasteiger partial charge < -0.3 is 0 Å². The molecule has 56 valence electrons. The molecule has 0 aromatic carbocycles. The van der Waals surface area contributed by atoms with Gasteiger partial charge in [0.1, 0.15) is 5.15 Å². The number of halogens is 1. The van der Waals surface area contributed by atoms with Crippen molar-refractivity contribution < 1.29 is 0 Å². The number of nitrogens with zero attached hydrogens (tertiary/aromatic N) is 2. The highest BCUT2D eigenvalue weighted by Gasteiger charge is 1.98. The average molecular weight is 170 g/mol. The van der Waals surface area contributed by atoms with Gasteiger partial charge in [-0.25, -0.2) is 9.50 Å². The highest BCUT2D eigenvalue weighted by Crippen LogP contribution is 2.01. The summed E-state index contributed by atoms with van der Waals surface area (Å²) < 4.78 is 1.31. The van der Waals surface area contributed by atoms with Crippen LogP contribution in [-0.4, -0.2) is 14.6 Å². The Bertz CT molecular complexity index is 444. The average Bonchev–Trinajstić information content (AvgIpc) is 2.34. The van der Waals surface area contributed by atoms with Crippen LogP contribution in [-0.2, 0) is 0 Å². The van der Waals surface area contributed by atoms with E-state index < -0.39 is 0 Å². The van der Waals surface area contributed by atoms with Crippen LogP contribution in [0.5, 0.6) is 0 Å². The van der Waals surface area contributed by atoms with E-state index in [1.165, 1.54) is 10.6 Å². The zero-order valence-electron chi connectivity index (χ0n) is 5.41. The van der Waals surface area contributed by atoms with Gasteiger partial charge in [-0.3, -0.25) is 9.89 Å². The Hall–Kier alpha value is -1.29. The lowest BCUT2D eigenvalue weighted by Crippen LogP contribution is -2.12. The molecule has 4 nitrogen and oxygen atoms in total. The largest absolute Gasteiger partial charge is 0.297 e. The fourth-order valence-corrected chi connectivity index (χ4v) is 1.08. The van der Waals surface area contributed by atoms with E-state index in [9.17, 15) is 4.79 Å². The van der Waals surface area contributed by atoms with Crippen LogP contribution in [0.4, 0.5) is 0 Å². The van der Waals surface area contributed by atoms with Gasteiger partial charge in [0.15, 0.2) is 5.65 Å². The molecule has 0 aliphatic heterocycles. The molecule has 2 rings (SSSR count). The van der Waals surface area contributed by atoms with Crippen LogP contribution >= 0.6 is 11.6 Å². The standard InChI is InChI=1S/C6H4ClN3O/c7-4-3-6(11)10-5(9-4)1-2-8-10/h1-3,8H. The third kappa shape index (κ3) is 0.914. The van der Waals surface area contributed by atoms with E-state index in [0.29, 0.717) is 5.65 Å². The summed E-state index contributed by atoms with van der Waals surface area (Å²) in [7, 11) is 0. The second kappa shape index (κ2) is 2.10. The van der Waals surface area contributed by atoms with Crippen molar-refractivity contribution in [3.8, 4) is 0 Å². The highest BCUT2D eigenvalue weighted by atomic mass is 35.5. The van der Waals surface area contributed by atoms with Crippen molar-refractivity contribution >= 4 is 17.2 Å². The molecule has 0 unspecified atom stereocenters. The minimum Gasteiger partial charge on any atom is -0.297 e. The minimum atomic E-state index is -0.204. The first-order valence-electron chi connectivity index (χ1n) is 3.00. The third-order valence-electron chi connectivity index (χ3n) is 1.35. The second-order valence-corrected chi connectivity index (χ2v) is 2.46. The molecule has 0 radical (unpaired) electrons. The smallest absolute Gasteiger partial charge is 0.274 e. The molecule has 0 saturated heterocycles. The van der Waals surface area contributed by atoms with Gasteiger partial charge in [-0.2, -0.15) is 0 Å². The number of hydrogen-bond donors (Lipinski definition) is 1. The zero-order valence-corrected chi connectivity index (χ0v) is 6.17. The van der Waals surface area contributed by atoms with E-state index in [1.54, 1.807) is 12.3 Å². The third-order valence-corrected chi connectivity index (χ3v) is 1.54. The highest BCUT2D eigenvalue weighted by molar-refractivity contribution is 6.29. The van der Waals surface area contributed by atoms with Crippen LogP contribution in [0.1, 0.15) is 0 Å². The Morgan fingerprint density at radius 3 is 3.27 bits per heavy atom. The van der Waals surface area contributed by atoms with E-state index in [1.807, 2.05) is 0 Å². The summed E-state index contributed by atoms with van der Waals surface area (Å²) >= 11 is 5.54. The fourth-order valence-electron chi connectivity index (χ4n) is 0.899. The predicted molar refractivity (Wildman–Crippen MR) is 40.8 cm³/mol. The molecule has 1 N–H and O–H groups in total. The molecule has 5 heteroatoms. The molecule has 2 aromatic rings. The van der Waals surface area contributed by atoms with Crippen molar-refractivity contribution in [3.63, 3.8) is 0 Å². The number of aromatic nitrogens is 3. The first-order chi connectivity index (χ1) is 5.27. The van der Waals surface area contributed by atoms with Crippen molar-refractivity contribution in [1.29, 1.82) is 0 Å². The number of hydrogen-bond acceptors (Lipinski definition) is 2. The SMILES string of the molecule is O=c1cc(Cl)nc2cc[nH]n12. The van der Waals surface area contributed by atoms with Crippen LogP contribution < -0.4 is 5.56 Å². The summed E-state index contributed by atoms with van der Waals surface area (Å²) in [5, 5.41) is 2.92. The number of aromatic amines is 1. The molecule has 2 heterocycles. The van der Waals surface area contributed by atoms with Gasteiger partial charge in [0.05, 0.1) is 0 Å². The van der Waals surface area contributed by atoms with Crippen molar-refractivity contribution in [2.24, 2.45) is 0 Å². The maximum absolute atomic E-state index is 11.1. The van der Waals surface area contributed by atoms with Gasteiger partial charge >= 0.3 is 0 Å². The van der Waals surface area contributed by atoms with Gasteiger partial charge in [-0.1, -0.05) is 11.6 Å². The Morgan fingerprint density at radius 2 is 2.45 bits per heavy atom. The first-order valence-corrected chi connectivity index (χ1v) is 3.38. The lowest BCUT2D eigenvalue weighted by Gasteiger charge is -1.90. The second-order valence-electron chi connectivity index (χ2n) is 2.07. The first kappa shape index (κ1) is 6.42. The monoisotopic (exact) mass is 169 g/mol. The van der Waals surface area contributed by atoms with E-state index in [4.69, 9.17) is 11.6 Å². The van der Waals surface area contributed by atoms with Gasteiger partial charge in [0.25, 0.3) is 5.56 Å². The van der Waals surface area contributed by atoms with Crippen molar-refractivity contribution in [2.75, 3.05) is 0 Å². The van der Waals surface area contributed by atoms with Crippen LogP contribution in [0, 0.1) is 0 Å². The summed E-state index contributed by atoms with van der Waals surface area (Å²) in [6, 6.07) is 2.93. The number of fused-ring (bicyclic) bond motifs is 1. The molecule has 2 aromatic heterocycles. The van der Waals surface area contributed by atoms with Crippen LogP contribution in [0.3, 0.4) is 0 Å². The maximum Gasteiger partial charge on any atom is 0.274 e. The number of rotatable bonds is 0. The summed E-state index contributed by atoms with van der Waals surface area (Å²) in [6.07, 6.45) is 1.63. The van der Waals surface area contributed by atoms with E-state index in [2.05, 4.69) is 10.1 Å². The van der Waals surface area contributed by atoms with Gasteiger partial charge in [-0.15, -0.1) is 0 Å². The molecule has 0 aliphatic rings. The Morgan fingerprint density at radius 1 is 1.64 bits per heavy atom. The van der Waals surface area contributed by atoms with Gasteiger partial charge in [0, 0.05) is 18.3 Å². The number of H-pyrrole nitrogens is 1. The van der Waals surface area contributed by atoms with Crippen molar-refractivity contribution in [3.05, 3.63) is 33.8 Å². The molecule has 0 fully saturated rings. The minimum absolute atomic E-state index is 0.204. The van der Waals surface area contributed by atoms with E-state index in [-0.39, 0.29) is 10.7 Å². The predicted octanol–water partition coefficient (Wildman–Crippen LogP) is 0.676. The molecule has 0 atom stereocenters. The normalized spacial score (nSPS) is 10.6. The molecule has 0 bridgehead atoms. The quantitative estimate of drug-likeness (QED) is 0.590. The Balaban J connectivity index is 3.02. The number of nitrogens with one attached hydrogen (secondary N) is 1. The summed E-state index contributed by atoms with van der Waals surface area (Å²) in [4.78, 5) is 15.0. The van der Waals surface area contributed by atoms with Gasteiger partial charge in [0.2, 0.25) is 0 Å². The Kier molecular flexibility index (Phi) is 1.22. The van der Waals surface area contributed by atoms with E-state index >= 15 is 0 Å².